The van der Waals surface area contributed by atoms with Gasteiger partial charge in [-0.1, -0.05) is 50.3 Å². The molecule has 0 radical (unpaired) electrons. The Kier molecular flexibility index (Phi) is 4.41. The molecule has 1 saturated carbocycles. The standard InChI is InChI=1S/C18H25NO/c1-14(19-12-11-15-7-3-2-4-8-15)18-13-16-9-5-6-10-17(16)20-18/h5-6,9-10,13-15,19H,2-4,7-8,11-12H2,1H3. The largest absolute Gasteiger partial charge is 0.459 e. The van der Waals surface area contributed by atoms with Gasteiger partial charge in [0.1, 0.15) is 11.3 Å². The van der Waals surface area contributed by atoms with Crippen molar-refractivity contribution in [3.63, 3.8) is 0 Å². The molecule has 1 unspecified atom stereocenters. The minimum Gasteiger partial charge on any atom is -0.459 e. The zero-order chi connectivity index (χ0) is 13.8. The van der Waals surface area contributed by atoms with Gasteiger partial charge in [-0.05, 0) is 37.9 Å². The second kappa shape index (κ2) is 6.45. The Bertz CT molecular complexity index is 506. The average Bonchev–Trinajstić information content (AvgIpc) is 2.92. The van der Waals surface area contributed by atoms with E-state index in [0.717, 1.165) is 23.8 Å². The van der Waals surface area contributed by atoms with Crippen molar-refractivity contribution >= 4 is 11.0 Å². The lowest BCUT2D eigenvalue weighted by Crippen LogP contribution is -2.22. The monoisotopic (exact) mass is 271 g/mol. The molecule has 108 valence electrons. The van der Waals surface area contributed by atoms with Gasteiger partial charge in [-0.3, -0.25) is 0 Å². The summed E-state index contributed by atoms with van der Waals surface area (Å²) >= 11 is 0. The Morgan fingerprint density at radius 1 is 1.20 bits per heavy atom. The van der Waals surface area contributed by atoms with Crippen LogP contribution in [0.15, 0.2) is 34.7 Å². The Morgan fingerprint density at radius 3 is 2.80 bits per heavy atom. The van der Waals surface area contributed by atoms with Crippen molar-refractivity contribution in [3.8, 4) is 0 Å². The van der Waals surface area contributed by atoms with Crippen molar-refractivity contribution in [2.45, 2.75) is 51.5 Å². The van der Waals surface area contributed by atoms with Crippen LogP contribution < -0.4 is 5.32 Å². The third-order valence-corrected chi connectivity index (χ3v) is 4.60. The van der Waals surface area contributed by atoms with Crippen molar-refractivity contribution in [1.82, 2.24) is 5.32 Å². The molecular formula is C18H25NO. The van der Waals surface area contributed by atoms with E-state index in [0.29, 0.717) is 6.04 Å². The highest BCUT2D eigenvalue weighted by molar-refractivity contribution is 5.77. The number of para-hydroxylation sites is 1. The fourth-order valence-corrected chi connectivity index (χ4v) is 3.30. The molecule has 0 saturated heterocycles. The van der Waals surface area contributed by atoms with Gasteiger partial charge in [-0.15, -0.1) is 0 Å². The summed E-state index contributed by atoms with van der Waals surface area (Å²) in [4.78, 5) is 0. The highest BCUT2D eigenvalue weighted by atomic mass is 16.3. The molecule has 0 spiro atoms. The molecule has 1 aromatic carbocycles. The molecule has 0 aliphatic heterocycles. The topological polar surface area (TPSA) is 25.2 Å². The maximum atomic E-state index is 5.91. The number of rotatable bonds is 5. The van der Waals surface area contributed by atoms with Crippen LogP contribution >= 0.6 is 0 Å². The SMILES string of the molecule is CC(NCCC1CCCCC1)c1cc2ccccc2o1. The van der Waals surface area contributed by atoms with E-state index in [2.05, 4.69) is 30.4 Å². The van der Waals surface area contributed by atoms with Crippen molar-refractivity contribution in [2.75, 3.05) is 6.54 Å². The first-order valence-corrected chi connectivity index (χ1v) is 8.05. The van der Waals surface area contributed by atoms with Crippen LogP contribution in [-0.4, -0.2) is 6.54 Å². The Morgan fingerprint density at radius 2 is 2.00 bits per heavy atom. The van der Waals surface area contributed by atoms with E-state index < -0.39 is 0 Å². The molecular weight excluding hydrogens is 246 g/mol. The Balaban J connectivity index is 1.52. The highest BCUT2D eigenvalue weighted by Gasteiger charge is 2.15. The molecule has 2 heteroatoms. The van der Waals surface area contributed by atoms with E-state index in [1.807, 2.05) is 12.1 Å². The fourth-order valence-electron chi connectivity index (χ4n) is 3.30. The second-order valence-corrected chi connectivity index (χ2v) is 6.16. The molecule has 1 heterocycles. The summed E-state index contributed by atoms with van der Waals surface area (Å²) < 4.78 is 5.91. The van der Waals surface area contributed by atoms with E-state index in [1.54, 1.807) is 0 Å². The van der Waals surface area contributed by atoms with Crippen LogP contribution in [0.25, 0.3) is 11.0 Å². The second-order valence-electron chi connectivity index (χ2n) is 6.16. The number of nitrogens with one attached hydrogen (secondary N) is 1. The zero-order valence-corrected chi connectivity index (χ0v) is 12.4. The summed E-state index contributed by atoms with van der Waals surface area (Å²) in [6.07, 6.45) is 8.48. The third kappa shape index (κ3) is 3.24. The molecule has 2 aromatic rings. The van der Waals surface area contributed by atoms with E-state index >= 15 is 0 Å². The molecule has 3 rings (SSSR count). The molecule has 1 atom stereocenters. The average molecular weight is 271 g/mol. The molecule has 1 aromatic heterocycles. The fraction of sp³-hybridized carbons (Fsp3) is 0.556. The van der Waals surface area contributed by atoms with Gasteiger partial charge >= 0.3 is 0 Å². The van der Waals surface area contributed by atoms with Gasteiger partial charge in [-0.25, -0.2) is 0 Å². The maximum Gasteiger partial charge on any atom is 0.134 e. The summed E-state index contributed by atoms with van der Waals surface area (Å²) in [6, 6.07) is 10.7. The minimum absolute atomic E-state index is 0.297. The summed E-state index contributed by atoms with van der Waals surface area (Å²) in [6.45, 7) is 3.29. The summed E-state index contributed by atoms with van der Waals surface area (Å²) in [5.41, 5.74) is 0.989. The van der Waals surface area contributed by atoms with Crippen LogP contribution in [0.5, 0.6) is 0 Å². The van der Waals surface area contributed by atoms with E-state index in [9.17, 15) is 0 Å². The molecule has 1 N–H and O–H groups in total. The van der Waals surface area contributed by atoms with Crippen molar-refractivity contribution < 1.29 is 4.42 Å². The number of hydrogen-bond donors (Lipinski definition) is 1. The highest BCUT2D eigenvalue weighted by Crippen LogP contribution is 2.27. The van der Waals surface area contributed by atoms with Gasteiger partial charge in [0.2, 0.25) is 0 Å². The van der Waals surface area contributed by atoms with Gasteiger partial charge in [0.05, 0.1) is 6.04 Å². The third-order valence-electron chi connectivity index (χ3n) is 4.60. The molecule has 20 heavy (non-hydrogen) atoms. The van der Waals surface area contributed by atoms with Gasteiger partial charge in [0, 0.05) is 5.39 Å². The maximum absolute atomic E-state index is 5.91. The lowest BCUT2D eigenvalue weighted by atomic mass is 9.87. The lowest BCUT2D eigenvalue weighted by molar-refractivity contribution is 0.325. The van der Waals surface area contributed by atoms with E-state index in [-0.39, 0.29) is 0 Å². The number of furan rings is 1. The molecule has 0 amide bonds. The van der Waals surface area contributed by atoms with Crippen LogP contribution in [0.2, 0.25) is 0 Å². The Hall–Kier alpha value is -1.28. The van der Waals surface area contributed by atoms with Crippen LogP contribution in [-0.2, 0) is 0 Å². The lowest BCUT2D eigenvalue weighted by Gasteiger charge is -2.22. The van der Waals surface area contributed by atoms with Crippen LogP contribution in [0.3, 0.4) is 0 Å². The normalized spacial score (nSPS) is 18.4. The van der Waals surface area contributed by atoms with Crippen molar-refractivity contribution in [3.05, 3.63) is 36.1 Å². The quantitative estimate of drug-likeness (QED) is 0.822. The molecule has 1 aliphatic rings. The van der Waals surface area contributed by atoms with E-state index in [4.69, 9.17) is 4.42 Å². The number of hydrogen-bond acceptors (Lipinski definition) is 2. The van der Waals surface area contributed by atoms with Gasteiger partial charge in [0.25, 0.3) is 0 Å². The molecule has 1 aliphatic carbocycles. The van der Waals surface area contributed by atoms with Gasteiger partial charge < -0.3 is 9.73 Å². The summed E-state index contributed by atoms with van der Waals surface area (Å²) in [7, 11) is 0. The molecule has 0 bridgehead atoms. The number of fused-ring (bicyclic) bond motifs is 1. The van der Waals surface area contributed by atoms with E-state index in [1.165, 1.54) is 43.9 Å². The predicted molar refractivity (Wildman–Crippen MR) is 83.8 cm³/mol. The van der Waals surface area contributed by atoms with Gasteiger partial charge in [0.15, 0.2) is 0 Å². The Labute approximate surface area is 121 Å². The molecule has 2 nitrogen and oxygen atoms in total. The predicted octanol–water partition coefficient (Wildman–Crippen LogP) is 5.05. The first kappa shape index (κ1) is 13.7. The first-order valence-electron chi connectivity index (χ1n) is 8.05. The first-order chi connectivity index (χ1) is 9.83. The van der Waals surface area contributed by atoms with Crippen LogP contribution in [0, 0.1) is 5.92 Å². The number of benzene rings is 1. The van der Waals surface area contributed by atoms with Gasteiger partial charge in [-0.2, -0.15) is 0 Å². The minimum atomic E-state index is 0.297. The molecule has 1 fully saturated rings. The van der Waals surface area contributed by atoms with Crippen LogP contribution in [0.4, 0.5) is 0 Å². The van der Waals surface area contributed by atoms with Crippen molar-refractivity contribution in [2.24, 2.45) is 5.92 Å². The summed E-state index contributed by atoms with van der Waals surface area (Å²) in [5, 5.41) is 4.81. The smallest absolute Gasteiger partial charge is 0.134 e. The van der Waals surface area contributed by atoms with Crippen LogP contribution in [0.1, 0.15) is 57.3 Å². The van der Waals surface area contributed by atoms with Crippen molar-refractivity contribution in [1.29, 1.82) is 0 Å². The zero-order valence-electron chi connectivity index (χ0n) is 12.4. The summed E-state index contributed by atoms with van der Waals surface area (Å²) in [5.74, 6) is 1.99.